The lowest BCUT2D eigenvalue weighted by atomic mass is 9.92. The van der Waals surface area contributed by atoms with Crippen molar-refractivity contribution in [3.63, 3.8) is 0 Å². The molecule has 5 rings (SSSR count). The van der Waals surface area contributed by atoms with Crippen LogP contribution in [0.25, 0.3) is 22.0 Å². The van der Waals surface area contributed by atoms with Gasteiger partial charge in [-0.1, -0.05) is 0 Å². The quantitative estimate of drug-likeness (QED) is 0.732. The molecule has 0 atom stereocenters. The van der Waals surface area contributed by atoms with Crippen LogP contribution in [-0.4, -0.2) is 33.9 Å². The molecule has 1 fully saturated rings. The van der Waals surface area contributed by atoms with Crippen molar-refractivity contribution >= 4 is 22.5 Å². The van der Waals surface area contributed by atoms with Gasteiger partial charge in [0, 0.05) is 34.3 Å². The highest BCUT2D eigenvalue weighted by Crippen LogP contribution is 2.40. The largest absolute Gasteiger partial charge is 0.481 e. The summed E-state index contributed by atoms with van der Waals surface area (Å²) in [5.41, 5.74) is 9.94. The molecular formula is C22H21FN4O2. The minimum atomic E-state index is -0.403. The van der Waals surface area contributed by atoms with E-state index in [1.165, 1.54) is 13.2 Å². The van der Waals surface area contributed by atoms with Crippen LogP contribution in [0.1, 0.15) is 41.0 Å². The number of anilines is 1. The second kappa shape index (κ2) is 6.40. The van der Waals surface area contributed by atoms with Gasteiger partial charge in [-0.25, -0.2) is 14.4 Å². The van der Waals surface area contributed by atoms with Crippen LogP contribution < -0.4 is 10.5 Å². The molecule has 1 aromatic carbocycles. The lowest BCUT2D eigenvalue weighted by Crippen LogP contribution is -2.40. The smallest absolute Gasteiger partial charge is 0.258 e. The predicted octanol–water partition coefficient (Wildman–Crippen LogP) is 3.84. The topological polar surface area (TPSA) is 81.3 Å². The molecule has 0 unspecified atom stereocenters. The monoisotopic (exact) mass is 392 g/mol. The van der Waals surface area contributed by atoms with Crippen molar-refractivity contribution in [2.45, 2.75) is 38.8 Å². The van der Waals surface area contributed by atoms with Crippen LogP contribution in [0.15, 0.2) is 24.3 Å². The number of hydrogen-bond donors (Lipinski definition) is 1. The van der Waals surface area contributed by atoms with Crippen LogP contribution in [0.4, 0.5) is 10.1 Å². The van der Waals surface area contributed by atoms with E-state index >= 15 is 0 Å². The van der Waals surface area contributed by atoms with Gasteiger partial charge in [-0.2, -0.15) is 0 Å². The number of carbonyl (C=O) groups is 1. The van der Waals surface area contributed by atoms with Crippen molar-refractivity contribution in [1.82, 2.24) is 14.9 Å². The third kappa shape index (κ3) is 2.57. The Morgan fingerprint density at radius 2 is 1.97 bits per heavy atom. The van der Waals surface area contributed by atoms with Crippen LogP contribution in [0, 0.1) is 12.7 Å². The highest BCUT2D eigenvalue weighted by atomic mass is 19.1. The number of nitrogens with two attached hydrogens (primary N) is 1. The van der Waals surface area contributed by atoms with Gasteiger partial charge in [0.25, 0.3) is 5.91 Å². The summed E-state index contributed by atoms with van der Waals surface area (Å²) in [4.78, 5) is 23.9. The SMILES string of the molecule is COc1ccc(-c2c(F)ccc3c(N)c4c(nc23)CN(C2CCC2)C4=O)c(C)n1. The van der Waals surface area contributed by atoms with Gasteiger partial charge < -0.3 is 15.4 Å². The summed E-state index contributed by atoms with van der Waals surface area (Å²) in [7, 11) is 1.54. The molecule has 6 nitrogen and oxygen atoms in total. The molecule has 2 aliphatic rings. The van der Waals surface area contributed by atoms with E-state index in [1.54, 1.807) is 25.1 Å². The number of aryl methyl sites for hydroxylation is 1. The number of nitrogens with zero attached hydrogens (tertiary/aromatic N) is 3. The Balaban J connectivity index is 1.72. The van der Waals surface area contributed by atoms with E-state index < -0.39 is 5.82 Å². The van der Waals surface area contributed by atoms with Gasteiger partial charge >= 0.3 is 0 Å². The average Bonchev–Trinajstić information content (AvgIpc) is 2.97. The number of hydrogen-bond acceptors (Lipinski definition) is 5. The number of fused-ring (bicyclic) bond motifs is 2. The zero-order valence-electron chi connectivity index (χ0n) is 16.3. The number of rotatable bonds is 3. The number of nitrogen functional groups attached to an aromatic ring is 1. The van der Waals surface area contributed by atoms with E-state index in [4.69, 9.17) is 15.5 Å². The summed E-state index contributed by atoms with van der Waals surface area (Å²) in [6.45, 7) is 2.23. The molecule has 3 heterocycles. The van der Waals surface area contributed by atoms with Gasteiger partial charge in [0.1, 0.15) is 5.82 Å². The fraction of sp³-hybridized carbons (Fsp3) is 0.318. The molecule has 0 radical (unpaired) electrons. The Hall–Kier alpha value is -3.22. The molecule has 148 valence electrons. The molecule has 1 amide bonds. The maximum absolute atomic E-state index is 15.0. The summed E-state index contributed by atoms with van der Waals surface area (Å²) in [5.74, 6) is -0.00800. The number of amides is 1. The van der Waals surface area contributed by atoms with Crippen molar-refractivity contribution in [3.8, 4) is 17.0 Å². The third-order valence-corrected chi connectivity index (χ3v) is 6.07. The zero-order chi connectivity index (χ0) is 20.3. The fourth-order valence-electron chi connectivity index (χ4n) is 4.28. The first-order chi connectivity index (χ1) is 14.0. The van der Waals surface area contributed by atoms with Crippen LogP contribution in [0.5, 0.6) is 5.88 Å². The lowest BCUT2D eigenvalue weighted by Gasteiger charge is -2.34. The standard InChI is InChI=1S/C22H21FN4O2/c1-11-13(7-9-17(25-11)29-2)18-15(23)8-6-14-20(24)19-16(26-21(14)18)10-27(22(19)28)12-4-3-5-12/h6-9,12H,3-5,10H2,1-2H3,(H2,24,26). The fourth-order valence-corrected chi connectivity index (χ4v) is 4.28. The number of methoxy groups -OCH3 is 1. The molecule has 0 bridgehead atoms. The molecule has 3 aromatic rings. The Morgan fingerprint density at radius 1 is 1.17 bits per heavy atom. The van der Waals surface area contributed by atoms with Crippen LogP contribution >= 0.6 is 0 Å². The van der Waals surface area contributed by atoms with E-state index in [9.17, 15) is 9.18 Å². The van der Waals surface area contributed by atoms with E-state index in [0.29, 0.717) is 57.1 Å². The Labute approximate surface area is 167 Å². The molecule has 1 aliphatic carbocycles. The Kier molecular flexibility index (Phi) is 3.94. The van der Waals surface area contributed by atoms with Crippen molar-refractivity contribution in [2.24, 2.45) is 0 Å². The first-order valence-electron chi connectivity index (χ1n) is 9.73. The summed E-state index contributed by atoms with van der Waals surface area (Å²) >= 11 is 0. The maximum atomic E-state index is 15.0. The van der Waals surface area contributed by atoms with Gasteiger partial charge in [0.15, 0.2) is 0 Å². The number of carbonyl (C=O) groups excluding carboxylic acids is 1. The molecule has 2 aromatic heterocycles. The molecule has 0 saturated heterocycles. The number of halogens is 1. The van der Waals surface area contributed by atoms with Crippen LogP contribution in [0.2, 0.25) is 0 Å². The number of benzene rings is 1. The lowest BCUT2D eigenvalue weighted by molar-refractivity contribution is 0.0606. The third-order valence-electron chi connectivity index (χ3n) is 6.07. The summed E-state index contributed by atoms with van der Waals surface area (Å²) in [5, 5.41) is 0.583. The summed E-state index contributed by atoms with van der Waals surface area (Å²) in [6.07, 6.45) is 3.15. The minimum Gasteiger partial charge on any atom is -0.481 e. The molecular weight excluding hydrogens is 371 g/mol. The maximum Gasteiger partial charge on any atom is 0.258 e. The van der Waals surface area contributed by atoms with E-state index in [2.05, 4.69) is 4.98 Å². The molecule has 7 heteroatoms. The highest BCUT2D eigenvalue weighted by Gasteiger charge is 2.38. The van der Waals surface area contributed by atoms with E-state index in [1.807, 2.05) is 4.90 Å². The van der Waals surface area contributed by atoms with Crippen LogP contribution in [0.3, 0.4) is 0 Å². The first-order valence-corrected chi connectivity index (χ1v) is 9.73. The predicted molar refractivity (Wildman–Crippen MR) is 108 cm³/mol. The summed E-state index contributed by atoms with van der Waals surface area (Å²) < 4.78 is 20.1. The highest BCUT2D eigenvalue weighted by molar-refractivity contribution is 6.11. The second-order valence-electron chi connectivity index (χ2n) is 7.67. The van der Waals surface area contributed by atoms with Gasteiger partial charge in [0.05, 0.1) is 36.1 Å². The number of aromatic nitrogens is 2. The Morgan fingerprint density at radius 3 is 2.62 bits per heavy atom. The Bertz CT molecular complexity index is 1170. The number of pyridine rings is 2. The second-order valence-corrected chi connectivity index (χ2v) is 7.67. The molecule has 29 heavy (non-hydrogen) atoms. The van der Waals surface area contributed by atoms with Crippen LogP contribution in [-0.2, 0) is 6.54 Å². The van der Waals surface area contributed by atoms with Crippen molar-refractivity contribution in [1.29, 1.82) is 0 Å². The molecule has 1 aliphatic heterocycles. The van der Waals surface area contributed by atoms with Gasteiger partial charge in [-0.3, -0.25) is 4.79 Å². The van der Waals surface area contributed by atoms with Crippen molar-refractivity contribution in [3.05, 3.63) is 47.0 Å². The molecule has 2 N–H and O–H groups in total. The first kappa shape index (κ1) is 17.8. The van der Waals surface area contributed by atoms with Gasteiger partial charge in [-0.15, -0.1) is 0 Å². The van der Waals surface area contributed by atoms with Gasteiger partial charge in [0.2, 0.25) is 5.88 Å². The van der Waals surface area contributed by atoms with Crippen molar-refractivity contribution in [2.75, 3.05) is 12.8 Å². The number of ether oxygens (including phenoxy) is 1. The van der Waals surface area contributed by atoms with E-state index in [-0.39, 0.29) is 11.9 Å². The molecule has 1 saturated carbocycles. The average molecular weight is 392 g/mol. The normalized spacial score (nSPS) is 16.2. The van der Waals surface area contributed by atoms with Gasteiger partial charge in [-0.05, 0) is 44.4 Å². The minimum absolute atomic E-state index is 0.0650. The van der Waals surface area contributed by atoms with E-state index in [0.717, 1.165) is 19.3 Å². The van der Waals surface area contributed by atoms with Crippen molar-refractivity contribution < 1.29 is 13.9 Å². The molecule has 0 spiro atoms. The summed E-state index contributed by atoms with van der Waals surface area (Å²) in [6, 6.07) is 6.69. The zero-order valence-corrected chi connectivity index (χ0v) is 16.3.